The fraction of sp³-hybridized carbons (Fsp3) is 0.500. The third kappa shape index (κ3) is 3.80. The first-order chi connectivity index (χ1) is 8.26. The lowest BCUT2D eigenvalue weighted by Gasteiger charge is -2.17. The molecule has 0 fully saturated rings. The fourth-order valence-corrected chi connectivity index (χ4v) is 2.31. The van der Waals surface area contributed by atoms with Crippen LogP contribution in [0.2, 0.25) is 0 Å². The van der Waals surface area contributed by atoms with Crippen LogP contribution in [0.5, 0.6) is 11.5 Å². The second-order valence-corrected chi connectivity index (χ2v) is 4.81. The first kappa shape index (κ1) is 14.2. The van der Waals surface area contributed by atoms with Crippen LogP contribution in [0.25, 0.3) is 0 Å². The van der Waals surface area contributed by atoms with Crippen LogP contribution in [0.15, 0.2) is 18.2 Å². The lowest BCUT2D eigenvalue weighted by Crippen LogP contribution is -2.29. The normalized spacial score (nSPS) is 12.2. The van der Waals surface area contributed by atoms with Crippen molar-refractivity contribution in [3.05, 3.63) is 23.8 Å². The largest absolute Gasteiger partial charge is 0.493 e. The SMILES string of the molecule is CCSCC(NN)c1ccc(OC)c(OC)c1. The highest BCUT2D eigenvalue weighted by Crippen LogP contribution is 2.30. The zero-order valence-electron chi connectivity index (χ0n) is 10.5. The highest BCUT2D eigenvalue weighted by atomic mass is 32.2. The van der Waals surface area contributed by atoms with Gasteiger partial charge in [-0.15, -0.1) is 0 Å². The van der Waals surface area contributed by atoms with Crippen molar-refractivity contribution in [3.63, 3.8) is 0 Å². The Kier molecular flexibility index (Phi) is 6.18. The van der Waals surface area contributed by atoms with Gasteiger partial charge in [0, 0.05) is 5.75 Å². The molecule has 1 unspecified atom stereocenters. The van der Waals surface area contributed by atoms with Gasteiger partial charge in [0.1, 0.15) is 0 Å². The van der Waals surface area contributed by atoms with Crippen molar-refractivity contribution in [2.75, 3.05) is 25.7 Å². The van der Waals surface area contributed by atoms with E-state index in [1.165, 1.54) is 0 Å². The average Bonchev–Trinajstić information content (AvgIpc) is 2.39. The summed E-state index contributed by atoms with van der Waals surface area (Å²) < 4.78 is 10.5. The summed E-state index contributed by atoms with van der Waals surface area (Å²) in [4.78, 5) is 0. The lowest BCUT2D eigenvalue weighted by molar-refractivity contribution is 0.354. The van der Waals surface area contributed by atoms with Crippen LogP contribution in [0.3, 0.4) is 0 Å². The number of nitrogens with two attached hydrogens (primary N) is 1. The summed E-state index contributed by atoms with van der Waals surface area (Å²) >= 11 is 1.84. The van der Waals surface area contributed by atoms with Crippen molar-refractivity contribution in [2.24, 2.45) is 5.84 Å². The van der Waals surface area contributed by atoms with Crippen LogP contribution in [0.1, 0.15) is 18.5 Å². The second-order valence-electron chi connectivity index (χ2n) is 3.49. The Morgan fingerprint density at radius 2 is 2.00 bits per heavy atom. The van der Waals surface area contributed by atoms with Crippen molar-refractivity contribution in [1.29, 1.82) is 0 Å². The summed E-state index contributed by atoms with van der Waals surface area (Å²) in [5, 5.41) is 0. The maximum atomic E-state index is 5.57. The predicted molar refractivity (Wildman–Crippen MR) is 72.6 cm³/mol. The van der Waals surface area contributed by atoms with Crippen LogP contribution in [0, 0.1) is 0 Å². The van der Waals surface area contributed by atoms with Gasteiger partial charge in [0.05, 0.1) is 20.3 Å². The van der Waals surface area contributed by atoms with Gasteiger partial charge in [0.25, 0.3) is 0 Å². The van der Waals surface area contributed by atoms with Crippen LogP contribution in [-0.4, -0.2) is 25.7 Å². The Bertz CT molecular complexity index is 347. The first-order valence-corrected chi connectivity index (χ1v) is 6.68. The summed E-state index contributed by atoms with van der Waals surface area (Å²) in [6.07, 6.45) is 0. The molecule has 0 saturated heterocycles. The highest BCUT2D eigenvalue weighted by molar-refractivity contribution is 7.99. The molecule has 0 aliphatic rings. The van der Waals surface area contributed by atoms with E-state index in [9.17, 15) is 0 Å². The number of hydrogen-bond donors (Lipinski definition) is 2. The Morgan fingerprint density at radius 1 is 1.29 bits per heavy atom. The summed E-state index contributed by atoms with van der Waals surface area (Å²) in [7, 11) is 3.26. The molecule has 1 atom stereocenters. The van der Waals surface area contributed by atoms with Gasteiger partial charge >= 0.3 is 0 Å². The molecule has 5 heteroatoms. The summed E-state index contributed by atoms with van der Waals surface area (Å²) in [6, 6.07) is 5.98. The van der Waals surface area contributed by atoms with E-state index >= 15 is 0 Å². The molecule has 3 N–H and O–H groups in total. The van der Waals surface area contributed by atoms with E-state index in [2.05, 4.69) is 12.3 Å². The van der Waals surface area contributed by atoms with Crippen LogP contribution in [0.4, 0.5) is 0 Å². The molecule has 0 radical (unpaired) electrons. The predicted octanol–water partition coefficient (Wildman–Crippen LogP) is 1.96. The molecule has 0 bridgehead atoms. The van der Waals surface area contributed by atoms with Crippen molar-refractivity contribution >= 4 is 11.8 Å². The molecule has 0 spiro atoms. The number of ether oxygens (including phenoxy) is 2. The molecule has 0 aliphatic heterocycles. The number of thioether (sulfide) groups is 1. The number of benzene rings is 1. The Morgan fingerprint density at radius 3 is 2.53 bits per heavy atom. The van der Waals surface area contributed by atoms with Crippen molar-refractivity contribution in [1.82, 2.24) is 5.43 Å². The zero-order valence-corrected chi connectivity index (χ0v) is 11.3. The minimum Gasteiger partial charge on any atom is -0.493 e. The standard InChI is InChI=1S/C12H20N2O2S/c1-4-17-8-10(14-13)9-5-6-11(15-2)12(7-9)16-3/h5-7,10,14H,4,8,13H2,1-3H3. The number of methoxy groups -OCH3 is 2. The van der Waals surface area contributed by atoms with Crippen molar-refractivity contribution in [2.45, 2.75) is 13.0 Å². The molecular weight excluding hydrogens is 236 g/mol. The molecule has 0 heterocycles. The number of rotatable bonds is 7. The maximum absolute atomic E-state index is 5.57. The Balaban J connectivity index is 2.88. The molecule has 96 valence electrons. The quantitative estimate of drug-likeness (QED) is 0.577. The smallest absolute Gasteiger partial charge is 0.161 e. The first-order valence-electron chi connectivity index (χ1n) is 5.52. The molecule has 17 heavy (non-hydrogen) atoms. The van der Waals surface area contributed by atoms with Gasteiger partial charge in [0.15, 0.2) is 11.5 Å². The molecule has 1 aromatic rings. The van der Waals surface area contributed by atoms with E-state index in [1.807, 2.05) is 30.0 Å². The topological polar surface area (TPSA) is 56.5 Å². The molecule has 0 aromatic heterocycles. The molecule has 0 aliphatic carbocycles. The van der Waals surface area contributed by atoms with Gasteiger partial charge in [0.2, 0.25) is 0 Å². The van der Waals surface area contributed by atoms with Crippen molar-refractivity contribution in [3.8, 4) is 11.5 Å². The molecule has 0 saturated carbocycles. The average molecular weight is 256 g/mol. The molecular formula is C12H20N2O2S. The van der Waals surface area contributed by atoms with Gasteiger partial charge in [-0.05, 0) is 23.4 Å². The van der Waals surface area contributed by atoms with Gasteiger partial charge in [-0.1, -0.05) is 13.0 Å². The van der Waals surface area contributed by atoms with E-state index in [0.29, 0.717) is 0 Å². The summed E-state index contributed by atoms with van der Waals surface area (Å²) in [6.45, 7) is 2.13. The molecule has 1 aromatic carbocycles. The summed E-state index contributed by atoms with van der Waals surface area (Å²) in [5.41, 5.74) is 3.93. The maximum Gasteiger partial charge on any atom is 0.161 e. The molecule has 1 rings (SSSR count). The molecule has 0 amide bonds. The van der Waals surface area contributed by atoms with E-state index in [1.54, 1.807) is 14.2 Å². The van der Waals surface area contributed by atoms with Gasteiger partial charge in [-0.25, -0.2) is 0 Å². The van der Waals surface area contributed by atoms with E-state index in [0.717, 1.165) is 28.6 Å². The monoisotopic (exact) mass is 256 g/mol. The molecule has 4 nitrogen and oxygen atoms in total. The lowest BCUT2D eigenvalue weighted by atomic mass is 10.1. The van der Waals surface area contributed by atoms with Crippen LogP contribution < -0.4 is 20.7 Å². The van der Waals surface area contributed by atoms with Gasteiger partial charge in [-0.2, -0.15) is 11.8 Å². The van der Waals surface area contributed by atoms with Crippen molar-refractivity contribution < 1.29 is 9.47 Å². The number of hydrogen-bond acceptors (Lipinski definition) is 5. The van der Waals surface area contributed by atoms with Crippen LogP contribution in [-0.2, 0) is 0 Å². The zero-order chi connectivity index (χ0) is 12.7. The van der Waals surface area contributed by atoms with E-state index in [4.69, 9.17) is 15.3 Å². The second kappa shape index (κ2) is 7.42. The third-order valence-electron chi connectivity index (χ3n) is 2.50. The fourth-order valence-electron chi connectivity index (χ4n) is 1.55. The Hall–Kier alpha value is -0.910. The van der Waals surface area contributed by atoms with E-state index in [-0.39, 0.29) is 6.04 Å². The van der Waals surface area contributed by atoms with Gasteiger partial charge in [-0.3, -0.25) is 11.3 Å². The Labute approximate surface area is 107 Å². The number of nitrogens with one attached hydrogen (secondary N) is 1. The van der Waals surface area contributed by atoms with Gasteiger partial charge < -0.3 is 9.47 Å². The third-order valence-corrected chi connectivity index (χ3v) is 3.48. The minimum absolute atomic E-state index is 0.125. The van der Waals surface area contributed by atoms with E-state index < -0.39 is 0 Å². The number of hydrazine groups is 1. The summed E-state index contributed by atoms with van der Waals surface area (Å²) in [5.74, 6) is 9.04. The van der Waals surface area contributed by atoms with Crippen LogP contribution >= 0.6 is 11.8 Å². The highest BCUT2D eigenvalue weighted by Gasteiger charge is 2.12. The minimum atomic E-state index is 0.125.